The molecular formula is C15H22F3N. The van der Waals surface area contributed by atoms with E-state index in [0.29, 0.717) is 24.4 Å². The lowest BCUT2D eigenvalue weighted by Crippen LogP contribution is -2.25. The summed E-state index contributed by atoms with van der Waals surface area (Å²) in [7, 11) is 0. The van der Waals surface area contributed by atoms with Gasteiger partial charge in [0.1, 0.15) is 5.82 Å². The highest BCUT2D eigenvalue weighted by Crippen LogP contribution is 2.18. The first kappa shape index (κ1) is 16.0. The predicted molar refractivity (Wildman–Crippen MR) is 71.6 cm³/mol. The van der Waals surface area contributed by atoms with Gasteiger partial charge in [0.25, 0.3) is 0 Å². The minimum atomic E-state index is -1.13. The molecule has 19 heavy (non-hydrogen) atoms. The third-order valence-electron chi connectivity index (χ3n) is 3.19. The van der Waals surface area contributed by atoms with Gasteiger partial charge in [0.2, 0.25) is 0 Å². The van der Waals surface area contributed by atoms with E-state index in [-0.39, 0.29) is 5.56 Å². The van der Waals surface area contributed by atoms with Crippen LogP contribution in [0, 0.1) is 23.4 Å². The molecule has 1 atom stereocenters. The maximum atomic E-state index is 13.4. The average Bonchev–Trinajstić information content (AvgIpc) is 2.31. The average molecular weight is 273 g/mol. The van der Waals surface area contributed by atoms with Gasteiger partial charge in [-0.2, -0.15) is 0 Å². The lowest BCUT2D eigenvalue weighted by Gasteiger charge is -2.14. The zero-order chi connectivity index (χ0) is 14.4. The molecular weight excluding hydrogens is 251 g/mol. The van der Waals surface area contributed by atoms with E-state index >= 15 is 0 Å². The van der Waals surface area contributed by atoms with E-state index in [1.807, 2.05) is 0 Å². The van der Waals surface area contributed by atoms with E-state index in [4.69, 9.17) is 0 Å². The molecule has 0 amide bonds. The summed E-state index contributed by atoms with van der Waals surface area (Å²) in [5.74, 6) is -2.36. The van der Waals surface area contributed by atoms with E-state index in [1.54, 1.807) is 0 Å². The summed E-state index contributed by atoms with van der Waals surface area (Å²) in [4.78, 5) is 0. The molecule has 0 saturated carbocycles. The van der Waals surface area contributed by atoms with Gasteiger partial charge in [-0.15, -0.1) is 0 Å². The van der Waals surface area contributed by atoms with E-state index in [2.05, 4.69) is 26.1 Å². The number of hydrogen-bond donors (Lipinski definition) is 1. The molecule has 0 bridgehead atoms. The fraction of sp³-hybridized carbons (Fsp3) is 0.600. The summed E-state index contributed by atoms with van der Waals surface area (Å²) in [6.45, 7) is 7.17. The highest BCUT2D eigenvalue weighted by atomic mass is 19.2. The van der Waals surface area contributed by atoms with Gasteiger partial charge in [0.05, 0.1) is 0 Å². The molecule has 0 aliphatic rings. The van der Waals surface area contributed by atoms with E-state index in [0.717, 1.165) is 25.5 Å². The topological polar surface area (TPSA) is 12.0 Å². The molecule has 0 heterocycles. The molecule has 0 fully saturated rings. The Morgan fingerprint density at radius 3 is 2.21 bits per heavy atom. The molecule has 108 valence electrons. The van der Waals surface area contributed by atoms with Crippen molar-refractivity contribution in [1.82, 2.24) is 5.32 Å². The van der Waals surface area contributed by atoms with Crippen molar-refractivity contribution in [1.29, 1.82) is 0 Å². The van der Waals surface area contributed by atoms with Crippen LogP contribution in [0.3, 0.4) is 0 Å². The van der Waals surface area contributed by atoms with Crippen molar-refractivity contribution >= 4 is 0 Å². The molecule has 0 spiro atoms. The largest absolute Gasteiger partial charge is 0.315 e. The number of nitrogens with one attached hydrogen (secondary N) is 1. The highest BCUT2D eigenvalue weighted by Gasteiger charge is 2.11. The van der Waals surface area contributed by atoms with Crippen molar-refractivity contribution in [3.8, 4) is 0 Å². The predicted octanol–water partition coefficient (Wildman–Crippen LogP) is 4.06. The number of halogens is 3. The van der Waals surface area contributed by atoms with Crippen LogP contribution in [0.1, 0.15) is 39.2 Å². The Labute approximate surface area is 113 Å². The Morgan fingerprint density at radius 2 is 1.58 bits per heavy atom. The zero-order valence-electron chi connectivity index (χ0n) is 11.8. The Hall–Kier alpha value is -1.03. The highest BCUT2D eigenvalue weighted by molar-refractivity contribution is 5.20. The van der Waals surface area contributed by atoms with Crippen LogP contribution in [0.5, 0.6) is 0 Å². The number of benzene rings is 1. The Morgan fingerprint density at radius 1 is 0.947 bits per heavy atom. The smallest absolute Gasteiger partial charge is 0.161 e. The molecule has 0 aromatic heterocycles. The molecule has 1 unspecified atom stereocenters. The summed E-state index contributed by atoms with van der Waals surface area (Å²) in [6, 6.07) is 2.04. The maximum Gasteiger partial charge on any atom is 0.161 e. The number of hydrogen-bond acceptors (Lipinski definition) is 1. The SMILES string of the molecule is CC(CCNC(C)C)CCc1cc(F)c(F)cc1F. The quantitative estimate of drug-likeness (QED) is 0.739. The third kappa shape index (κ3) is 5.64. The summed E-state index contributed by atoms with van der Waals surface area (Å²) >= 11 is 0. The minimum Gasteiger partial charge on any atom is -0.315 e. The molecule has 4 heteroatoms. The second-order valence-corrected chi connectivity index (χ2v) is 5.40. The standard InChI is InChI=1S/C15H22F3N/c1-10(2)19-7-6-11(3)4-5-12-8-14(17)15(18)9-13(12)16/h8-11,19H,4-7H2,1-3H3. The van der Waals surface area contributed by atoms with Crippen LogP contribution in [0.2, 0.25) is 0 Å². The van der Waals surface area contributed by atoms with E-state index in [1.165, 1.54) is 0 Å². The van der Waals surface area contributed by atoms with Gasteiger partial charge in [-0.25, -0.2) is 13.2 Å². The van der Waals surface area contributed by atoms with Gasteiger partial charge in [0.15, 0.2) is 11.6 Å². The van der Waals surface area contributed by atoms with Crippen molar-refractivity contribution < 1.29 is 13.2 Å². The fourth-order valence-electron chi connectivity index (χ4n) is 1.92. The summed E-state index contributed by atoms with van der Waals surface area (Å²) in [6.07, 6.45) is 2.19. The Bertz CT molecular complexity index is 405. The molecule has 0 saturated heterocycles. The number of aryl methyl sites for hydroxylation is 1. The lowest BCUT2D eigenvalue weighted by molar-refractivity contribution is 0.446. The van der Waals surface area contributed by atoms with Gasteiger partial charge in [-0.3, -0.25) is 0 Å². The van der Waals surface area contributed by atoms with Crippen molar-refractivity contribution in [3.63, 3.8) is 0 Å². The monoisotopic (exact) mass is 273 g/mol. The van der Waals surface area contributed by atoms with Crippen molar-refractivity contribution in [2.75, 3.05) is 6.54 Å². The summed E-state index contributed by atoms with van der Waals surface area (Å²) < 4.78 is 39.2. The van der Waals surface area contributed by atoms with Crippen LogP contribution in [-0.4, -0.2) is 12.6 Å². The fourth-order valence-corrected chi connectivity index (χ4v) is 1.92. The molecule has 1 N–H and O–H groups in total. The first-order chi connectivity index (χ1) is 8.90. The Balaban J connectivity index is 2.42. The van der Waals surface area contributed by atoms with Crippen LogP contribution < -0.4 is 5.32 Å². The van der Waals surface area contributed by atoms with Gasteiger partial charge in [0, 0.05) is 12.1 Å². The first-order valence-electron chi connectivity index (χ1n) is 6.77. The maximum absolute atomic E-state index is 13.4. The van der Waals surface area contributed by atoms with Gasteiger partial charge < -0.3 is 5.32 Å². The third-order valence-corrected chi connectivity index (χ3v) is 3.19. The first-order valence-corrected chi connectivity index (χ1v) is 6.77. The molecule has 1 aromatic carbocycles. The second kappa shape index (κ2) is 7.53. The molecule has 1 nitrogen and oxygen atoms in total. The zero-order valence-corrected chi connectivity index (χ0v) is 11.8. The van der Waals surface area contributed by atoms with E-state index in [9.17, 15) is 13.2 Å². The van der Waals surface area contributed by atoms with Gasteiger partial charge >= 0.3 is 0 Å². The second-order valence-electron chi connectivity index (χ2n) is 5.40. The van der Waals surface area contributed by atoms with Gasteiger partial charge in [-0.1, -0.05) is 20.8 Å². The minimum absolute atomic E-state index is 0.252. The van der Waals surface area contributed by atoms with Crippen LogP contribution in [0.25, 0.3) is 0 Å². The molecule has 0 radical (unpaired) electrons. The lowest BCUT2D eigenvalue weighted by atomic mass is 9.98. The van der Waals surface area contributed by atoms with Gasteiger partial charge in [-0.05, 0) is 43.4 Å². The van der Waals surface area contributed by atoms with Crippen LogP contribution in [-0.2, 0) is 6.42 Å². The molecule has 0 aliphatic heterocycles. The molecule has 1 aromatic rings. The summed E-state index contributed by atoms with van der Waals surface area (Å²) in [5, 5.41) is 3.32. The molecule has 0 aliphatic carbocycles. The summed E-state index contributed by atoms with van der Waals surface area (Å²) in [5.41, 5.74) is 0.252. The molecule has 1 rings (SSSR count). The number of rotatable bonds is 7. The normalized spacial score (nSPS) is 13.0. The van der Waals surface area contributed by atoms with Crippen molar-refractivity contribution in [2.45, 2.75) is 46.1 Å². The van der Waals surface area contributed by atoms with Crippen molar-refractivity contribution in [2.24, 2.45) is 5.92 Å². The Kier molecular flexibility index (Phi) is 6.35. The van der Waals surface area contributed by atoms with Crippen LogP contribution in [0.15, 0.2) is 12.1 Å². The van der Waals surface area contributed by atoms with Crippen LogP contribution in [0.4, 0.5) is 13.2 Å². The van der Waals surface area contributed by atoms with Crippen LogP contribution >= 0.6 is 0 Å². The van der Waals surface area contributed by atoms with E-state index < -0.39 is 17.5 Å². The van der Waals surface area contributed by atoms with Crippen molar-refractivity contribution in [3.05, 3.63) is 35.1 Å².